The number of hydrogen-bond acceptors (Lipinski definition) is 4. The van der Waals surface area contributed by atoms with Crippen molar-refractivity contribution in [3.05, 3.63) is 21.0 Å². The van der Waals surface area contributed by atoms with E-state index in [9.17, 15) is 4.79 Å². The van der Waals surface area contributed by atoms with Gasteiger partial charge in [-0.2, -0.15) is 5.10 Å². The molecular weight excluding hydrogens is 296 g/mol. The number of hydrogen-bond donors (Lipinski definition) is 1. The minimum absolute atomic E-state index is 0.0803. The van der Waals surface area contributed by atoms with Crippen LogP contribution in [0.4, 0.5) is 5.69 Å². The van der Waals surface area contributed by atoms with Crippen LogP contribution in [0.1, 0.15) is 12.8 Å². The van der Waals surface area contributed by atoms with Crippen LogP contribution in [0.25, 0.3) is 0 Å². The van der Waals surface area contributed by atoms with Gasteiger partial charge in [-0.05, 0) is 48.3 Å². The Kier molecular flexibility index (Phi) is 4.40. The molecule has 1 aromatic heterocycles. The number of rotatable bonds is 3. The second-order valence-corrected chi connectivity index (χ2v) is 5.58. The summed E-state index contributed by atoms with van der Waals surface area (Å²) in [5.74, 6) is 0.639. The molecule has 1 N–H and O–H groups in total. The molecular formula is C12H19BrN4O. The van der Waals surface area contributed by atoms with E-state index in [1.807, 2.05) is 7.05 Å². The molecule has 0 saturated carbocycles. The molecule has 1 unspecified atom stereocenters. The number of anilines is 1. The van der Waals surface area contributed by atoms with Crippen molar-refractivity contribution in [2.75, 3.05) is 31.6 Å². The van der Waals surface area contributed by atoms with Crippen molar-refractivity contribution in [1.82, 2.24) is 15.1 Å². The molecule has 18 heavy (non-hydrogen) atoms. The third-order valence-corrected chi connectivity index (χ3v) is 4.16. The first-order chi connectivity index (χ1) is 8.63. The van der Waals surface area contributed by atoms with Crippen molar-refractivity contribution in [3.63, 3.8) is 0 Å². The Morgan fingerprint density at radius 2 is 2.39 bits per heavy atom. The van der Waals surface area contributed by atoms with Crippen LogP contribution >= 0.6 is 15.9 Å². The van der Waals surface area contributed by atoms with Crippen molar-refractivity contribution in [2.45, 2.75) is 12.8 Å². The lowest BCUT2D eigenvalue weighted by molar-refractivity contribution is 0.402. The van der Waals surface area contributed by atoms with E-state index >= 15 is 0 Å². The molecule has 0 aliphatic carbocycles. The third kappa shape index (κ3) is 2.75. The molecule has 100 valence electrons. The lowest BCUT2D eigenvalue weighted by Crippen LogP contribution is -2.40. The summed E-state index contributed by atoms with van der Waals surface area (Å²) >= 11 is 3.39. The standard InChI is InChI=1S/C12H19BrN4O/c1-14-6-9-4-3-5-17(8-9)10-7-15-16(2)12(18)11(10)13/h7,9,14H,3-6,8H2,1-2H3. The fourth-order valence-electron chi connectivity index (χ4n) is 2.46. The van der Waals surface area contributed by atoms with Gasteiger partial charge in [0.2, 0.25) is 0 Å². The van der Waals surface area contributed by atoms with Crippen LogP contribution in [-0.2, 0) is 7.05 Å². The average Bonchev–Trinajstić information content (AvgIpc) is 2.37. The lowest BCUT2D eigenvalue weighted by atomic mass is 9.98. The van der Waals surface area contributed by atoms with Crippen molar-refractivity contribution in [1.29, 1.82) is 0 Å². The van der Waals surface area contributed by atoms with Gasteiger partial charge in [-0.3, -0.25) is 4.79 Å². The highest BCUT2D eigenvalue weighted by Gasteiger charge is 2.22. The SMILES string of the molecule is CNCC1CCCN(c2cnn(C)c(=O)c2Br)C1. The molecule has 1 aliphatic heterocycles. The molecule has 0 amide bonds. The molecule has 2 rings (SSSR count). The zero-order valence-corrected chi connectivity index (χ0v) is 12.4. The largest absolute Gasteiger partial charge is 0.369 e. The zero-order chi connectivity index (χ0) is 13.1. The number of aromatic nitrogens is 2. The first-order valence-corrected chi connectivity index (χ1v) is 7.04. The Bertz CT molecular complexity index is 472. The minimum Gasteiger partial charge on any atom is -0.369 e. The van der Waals surface area contributed by atoms with E-state index in [1.54, 1.807) is 13.2 Å². The summed E-state index contributed by atoms with van der Waals surface area (Å²) < 4.78 is 1.97. The zero-order valence-electron chi connectivity index (χ0n) is 10.8. The van der Waals surface area contributed by atoms with Crippen LogP contribution in [0, 0.1) is 5.92 Å². The summed E-state index contributed by atoms with van der Waals surface area (Å²) in [5.41, 5.74) is 0.835. The fraction of sp³-hybridized carbons (Fsp3) is 0.667. The summed E-state index contributed by atoms with van der Waals surface area (Å²) in [6, 6.07) is 0. The van der Waals surface area contributed by atoms with Crippen molar-refractivity contribution < 1.29 is 0 Å². The molecule has 6 heteroatoms. The Labute approximate surface area is 115 Å². The first-order valence-electron chi connectivity index (χ1n) is 6.25. The van der Waals surface area contributed by atoms with E-state index in [-0.39, 0.29) is 5.56 Å². The number of nitrogens with one attached hydrogen (secondary N) is 1. The van der Waals surface area contributed by atoms with Crippen LogP contribution in [-0.4, -0.2) is 36.5 Å². The Morgan fingerprint density at radius 3 is 3.11 bits per heavy atom. The smallest absolute Gasteiger partial charge is 0.282 e. The molecule has 5 nitrogen and oxygen atoms in total. The van der Waals surface area contributed by atoms with Crippen molar-refractivity contribution in [3.8, 4) is 0 Å². The summed E-state index contributed by atoms with van der Waals surface area (Å²) in [5, 5.41) is 7.33. The summed E-state index contributed by atoms with van der Waals surface area (Å²) in [7, 11) is 3.64. The molecule has 2 heterocycles. The fourth-order valence-corrected chi connectivity index (χ4v) is 3.07. The normalized spacial score (nSPS) is 20.2. The van der Waals surface area contributed by atoms with Gasteiger partial charge in [-0.15, -0.1) is 0 Å². The van der Waals surface area contributed by atoms with Gasteiger partial charge < -0.3 is 10.2 Å². The van der Waals surface area contributed by atoms with Gasteiger partial charge in [0, 0.05) is 20.1 Å². The Balaban J connectivity index is 2.21. The topological polar surface area (TPSA) is 50.2 Å². The van der Waals surface area contributed by atoms with Gasteiger partial charge >= 0.3 is 0 Å². The quantitative estimate of drug-likeness (QED) is 0.903. The summed E-state index contributed by atoms with van der Waals surface area (Å²) in [6.07, 6.45) is 4.18. The molecule has 1 aromatic rings. The highest BCUT2D eigenvalue weighted by Crippen LogP contribution is 2.26. The maximum absolute atomic E-state index is 11.9. The molecule has 1 atom stereocenters. The van der Waals surface area contributed by atoms with E-state index in [2.05, 4.69) is 31.2 Å². The van der Waals surface area contributed by atoms with Gasteiger partial charge in [-0.25, -0.2) is 4.68 Å². The van der Waals surface area contributed by atoms with E-state index in [0.717, 1.165) is 31.7 Å². The lowest BCUT2D eigenvalue weighted by Gasteiger charge is -2.34. The van der Waals surface area contributed by atoms with Crippen LogP contribution in [0.3, 0.4) is 0 Å². The van der Waals surface area contributed by atoms with E-state index in [1.165, 1.54) is 11.1 Å². The predicted octanol–water partition coefficient (Wildman–Crippen LogP) is 0.979. The number of piperidine rings is 1. The number of aryl methyl sites for hydroxylation is 1. The highest BCUT2D eigenvalue weighted by atomic mass is 79.9. The van der Waals surface area contributed by atoms with Gasteiger partial charge in [0.15, 0.2) is 0 Å². The number of halogens is 1. The number of nitrogens with zero attached hydrogens (tertiary/aromatic N) is 3. The van der Waals surface area contributed by atoms with Gasteiger partial charge in [0.1, 0.15) is 4.47 Å². The van der Waals surface area contributed by atoms with Crippen LogP contribution in [0.5, 0.6) is 0 Å². The molecule has 1 saturated heterocycles. The monoisotopic (exact) mass is 314 g/mol. The van der Waals surface area contributed by atoms with Crippen molar-refractivity contribution in [2.24, 2.45) is 13.0 Å². The maximum Gasteiger partial charge on any atom is 0.282 e. The predicted molar refractivity (Wildman–Crippen MR) is 76.0 cm³/mol. The maximum atomic E-state index is 11.9. The summed E-state index contributed by atoms with van der Waals surface area (Å²) in [6.45, 7) is 2.99. The van der Waals surface area contributed by atoms with Gasteiger partial charge in [0.25, 0.3) is 5.56 Å². The molecule has 1 aliphatic rings. The Hall–Kier alpha value is -0.880. The van der Waals surface area contributed by atoms with E-state index < -0.39 is 0 Å². The summed E-state index contributed by atoms with van der Waals surface area (Å²) in [4.78, 5) is 14.1. The van der Waals surface area contributed by atoms with Crippen LogP contribution < -0.4 is 15.8 Å². The van der Waals surface area contributed by atoms with Gasteiger partial charge in [0.05, 0.1) is 11.9 Å². The average molecular weight is 315 g/mol. The molecule has 0 bridgehead atoms. The highest BCUT2D eigenvalue weighted by molar-refractivity contribution is 9.10. The second-order valence-electron chi connectivity index (χ2n) is 4.78. The molecule has 1 fully saturated rings. The third-order valence-electron chi connectivity index (χ3n) is 3.41. The Morgan fingerprint density at radius 1 is 1.61 bits per heavy atom. The van der Waals surface area contributed by atoms with Crippen molar-refractivity contribution >= 4 is 21.6 Å². The molecule has 0 spiro atoms. The van der Waals surface area contributed by atoms with Crippen LogP contribution in [0.2, 0.25) is 0 Å². The first kappa shape index (κ1) is 13.5. The van der Waals surface area contributed by atoms with Gasteiger partial charge in [-0.1, -0.05) is 0 Å². The molecule has 0 aromatic carbocycles. The second kappa shape index (κ2) is 5.84. The van der Waals surface area contributed by atoms with E-state index in [0.29, 0.717) is 10.4 Å². The van der Waals surface area contributed by atoms with E-state index in [4.69, 9.17) is 0 Å². The molecule has 0 radical (unpaired) electrons. The minimum atomic E-state index is -0.0803. The van der Waals surface area contributed by atoms with Crippen LogP contribution in [0.15, 0.2) is 15.5 Å².